The monoisotopic (exact) mass is 227 g/mol. The number of hydrogen-bond acceptors (Lipinski definition) is 3. The minimum absolute atomic E-state index is 0.360. The van der Waals surface area contributed by atoms with Gasteiger partial charge in [-0.1, -0.05) is 18.2 Å². The Morgan fingerprint density at radius 2 is 1.88 bits per heavy atom. The fourth-order valence-electron chi connectivity index (χ4n) is 2.18. The number of ether oxygens (including phenoxy) is 1. The van der Waals surface area contributed by atoms with E-state index in [1.54, 1.807) is 18.2 Å². The van der Waals surface area contributed by atoms with Gasteiger partial charge in [-0.05, 0) is 17.5 Å². The first-order valence-electron chi connectivity index (χ1n) is 5.18. The molecule has 0 aliphatic carbocycles. The molecule has 0 fully saturated rings. The molecule has 0 atom stereocenters. The first-order chi connectivity index (χ1) is 8.22. The lowest BCUT2D eigenvalue weighted by molar-refractivity contribution is 0.0843. The van der Waals surface area contributed by atoms with Crippen molar-refractivity contribution in [2.45, 2.75) is 0 Å². The summed E-state index contributed by atoms with van der Waals surface area (Å²) in [6.45, 7) is 0. The van der Waals surface area contributed by atoms with E-state index in [0.29, 0.717) is 22.3 Å². The number of hydrogen-bond donors (Lipinski definition) is 1. The second-order valence-corrected chi connectivity index (χ2v) is 3.83. The largest absolute Gasteiger partial charge is 0.496 e. The number of methoxy groups -OCH3 is 1. The molecular weight excluding hydrogens is 218 g/mol. The van der Waals surface area contributed by atoms with E-state index in [-0.39, 0.29) is 5.91 Å². The van der Waals surface area contributed by atoms with E-state index in [1.807, 2.05) is 12.1 Å². The Labute approximate surface area is 97.2 Å². The molecule has 0 spiro atoms. The van der Waals surface area contributed by atoms with Crippen LogP contribution in [0, 0.1) is 0 Å². The zero-order chi connectivity index (χ0) is 12.0. The number of benzene rings is 2. The van der Waals surface area contributed by atoms with E-state index in [9.17, 15) is 9.59 Å². The molecule has 0 saturated carbocycles. The maximum atomic E-state index is 11.9. The molecule has 17 heavy (non-hydrogen) atoms. The second kappa shape index (κ2) is 3.31. The maximum absolute atomic E-state index is 11.9. The highest BCUT2D eigenvalue weighted by atomic mass is 16.5. The predicted octanol–water partition coefficient (Wildman–Crippen LogP) is 1.73. The Kier molecular flexibility index (Phi) is 1.92. The molecule has 2 amide bonds. The minimum atomic E-state index is -0.406. The zero-order valence-electron chi connectivity index (χ0n) is 9.11. The van der Waals surface area contributed by atoms with Crippen molar-refractivity contribution in [1.29, 1.82) is 0 Å². The van der Waals surface area contributed by atoms with Crippen LogP contribution in [0.4, 0.5) is 0 Å². The number of imide groups is 1. The van der Waals surface area contributed by atoms with Crippen LogP contribution >= 0.6 is 0 Å². The molecule has 2 aromatic carbocycles. The van der Waals surface area contributed by atoms with Crippen LogP contribution in [0.25, 0.3) is 10.8 Å². The van der Waals surface area contributed by atoms with E-state index >= 15 is 0 Å². The van der Waals surface area contributed by atoms with Crippen molar-refractivity contribution in [3.8, 4) is 5.75 Å². The van der Waals surface area contributed by atoms with Gasteiger partial charge in [0.1, 0.15) is 5.75 Å². The molecule has 0 unspecified atom stereocenters. The SMILES string of the molecule is COc1ccc2cccc3c2c1C(=O)NC3=O. The topological polar surface area (TPSA) is 55.4 Å². The third kappa shape index (κ3) is 1.24. The summed E-state index contributed by atoms with van der Waals surface area (Å²) in [7, 11) is 1.50. The van der Waals surface area contributed by atoms with E-state index in [0.717, 1.165) is 5.39 Å². The van der Waals surface area contributed by atoms with Crippen LogP contribution in [0.3, 0.4) is 0 Å². The van der Waals surface area contributed by atoms with Gasteiger partial charge in [0.05, 0.1) is 12.7 Å². The summed E-state index contributed by atoms with van der Waals surface area (Å²) in [4.78, 5) is 23.6. The van der Waals surface area contributed by atoms with Gasteiger partial charge in [0, 0.05) is 10.9 Å². The number of nitrogens with one attached hydrogen (secondary N) is 1. The lowest BCUT2D eigenvalue weighted by atomic mass is 9.94. The Bertz CT molecular complexity index is 661. The molecular formula is C13H9NO3. The molecule has 0 radical (unpaired) electrons. The average Bonchev–Trinajstić information content (AvgIpc) is 2.35. The molecule has 4 nitrogen and oxygen atoms in total. The van der Waals surface area contributed by atoms with E-state index < -0.39 is 5.91 Å². The van der Waals surface area contributed by atoms with E-state index in [1.165, 1.54) is 7.11 Å². The highest BCUT2D eigenvalue weighted by Gasteiger charge is 2.27. The molecule has 2 aromatic rings. The average molecular weight is 227 g/mol. The summed E-state index contributed by atoms with van der Waals surface area (Å²) in [6, 6.07) is 8.94. The van der Waals surface area contributed by atoms with Crippen molar-refractivity contribution >= 4 is 22.6 Å². The van der Waals surface area contributed by atoms with Gasteiger partial charge in [-0.25, -0.2) is 0 Å². The lowest BCUT2D eigenvalue weighted by Gasteiger charge is -2.18. The van der Waals surface area contributed by atoms with Gasteiger partial charge in [-0.3, -0.25) is 14.9 Å². The summed E-state index contributed by atoms with van der Waals surface area (Å²) < 4.78 is 5.17. The van der Waals surface area contributed by atoms with Crippen LogP contribution in [0.15, 0.2) is 30.3 Å². The van der Waals surface area contributed by atoms with Crippen molar-refractivity contribution in [2.24, 2.45) is 0 Å². The first-order valence-corrected chi connectivity index (χ1v) is 5.18. The Morgan fingerprint density at radius 3 is 2.65 bits per heavy atom. The van der Waals surface area contributed by atoms with Crippen LogP contribution in [-0.2, 0) is 0 Å². The number of carbonyl (C=O) groups is 2. The van der Waals surface area contributed by atoms with Gasteiger partial charge in [-0.2, -0.15) is 0 Å². The Morgan fingerprint density at radius 1 is 1.06 bits per heavy atom. The maximum Gasteiger partial charge on any atom is 0.262 e. The number of amides is 2. The van der Waals surface area contributed by atoms with Crippen molar-refractivity contribution < 1.29 is 14.3 Å². The molecule has 3 rings (SSSR count). The molecule has 0 bridgehead atoms. The van der Waals surface area contributed by atoms with Crippen molar-refractivity contribution in [3.63, 3.8) is 0 Å². The molecule has 1 heterocycles. The Balaban J connectivity index is 2.53. The van der Waals surface area contributed by atoms with Crippen LogP contribution in [0.1, 0.15) is 20.7 Å². The summed E-state index contributed by atoms with van der Waals surface area (Å²) >= 11 is 0. The normalized spacial score (nSPS) is 13.7. The quantitative estimate of drug-likeness (QED) is 0.755. The van der Waals surface area contributed by atoms with Crippen LogP contribution in [-0.4, -0.2) is 18.9 Å². The second-order valence-electron chi connectivity index (χ2n) is 3.83. The lowest BCUT2D eigenvalue weighted by Crippen LogP contribution is -2.34. The van der Waals surface area contributed by atoms with E-state index in [2.05, 4.69) is 5.32 Å². The standard InChI is InChI=1S/C13H9NO3/c1-17-9-6-5-7-3-2-4-8-10(7)11(9)13(16)14-12(8)15/h2-6H,1H3,(H,14,15,16). The molecule has 4 heteroatoms. The first kappa shape index (κ1) is 9.84. The number of rotatable bonds is 1. The van der Waals surface area contributed by atoms with Gasteiger partial charge in [0.2, 0.25) is 0 Å². The highest BCUT2D eigenvalue weighted by Crippen LogP contribution is 2.32. The van der Waals surface area contributed by atoms with Crippen LogP contribution in [0.5, 0.6) is 5.75 Å². The van der Waals surface area contributed by atoms with Gasteiger partial charge in [0.15, 0.2) is 0 Å². The molecule has 0 aromatic heterocycles. The summed E-state index contributed by atoms with van der Waals surface area (Å²) in [5.41, 5.74) is 0.941. The number of carbonyl (C=O) groups excluding carboxylic acids is 2. The van der Waals surface area contributed by atoms with Crippen LogP contribution < -0.4 is 10.1 Å². The summed E-state index contributed by atoms with van der Waals surface area (Å²) in [5.74, 6) is -0.285. The molecule has 0 saturated heterocycles. The zero-order valence-corrected chi connectivity index (χ0v) is 9.11. The fraction of sp³-hybridized carbons (Fsp3) is 0.0769. The molecule has 1 aliphatic rings. The van der Waals surface area contributed by atoms with Gasteiger partial charge >= 0.3 is 0 Å². The molecule has 84 valence electrons. The van der Waals surface area contributed by atoms with Crippen molar-refractivity contribution in [2.75, 3.05) is 7.11 Å². The minimum Gasteiger partial charge on any atom is -0.496 e. The van der Waals surface area contributed by atoms with Crippen molar-refractivity contribution in [3.05, 3.63) is 41.5 Å². The van der Waals surface area contributed by atoms with Gasteiger partial charge in [-0.15, -0.1) is 0 Å². The molecule has 1 N–H and O–H groups in total. The summed E-state index contributed by atoms with van der Waals surface area (Å²) in [5, 5.41) is 3.84. The smallest absolute Gasteiger partial charge is 0.262 e. The third-order valence-corrected chi connectivity index (χ3v) is 2.93. The van der Waals surface area contributed by atoms with E-state index in [4.69, 9.17) is 4.74 Å². The molecule has 1 aliphatic heterocycles. The predicted molar refractivity (Wildman–Crippen MR) is 62.3 cm³/mol. The Hall–Kier alpha value is -2.36. The van der Waals surface area contributed by atoms with Crippen molar-refractivity contribution in [1.82, 2.24) is 5.32 Å². The highest BCUT2D eigenvalue weighted by molar-refractivity contribution is 6.26. The fourth-order valence-corrected chi connectivity index (χ4v) is 2.18. The van der Waals surface area contributed by atoms with Crippen LogP contribution in [0.2, 0.25) is 0 Å². The van der Waals surface area contributed by atoms with Gasteiger partial charge in [0.25, 0.3) is 11.8 Å². The van der Waals surface area contributed by atoms with Gasteiger partial charge < -0.3 is 4.74 Å². The third-order valence-electron chi connectivity index (χ3n) is 2.93. The summed E-state index contributed by atoms with van der Waals surface area (Å²) in [6.07, 6.45) is 0.